The van der Waals surface area contributed by atoms with Crippen molar-refractivity contribution < 1.29 is 17.9 Å². The number of nitrogens with zero attached hydrogens (tertiary/aromatic N) is 1. The Bertz CT molecular complexity index is 917. The number of nitrogens with two attached hydrogens (primary N) is 1. The molecule has 0 atom stereocenters. The number of primary amides is 1. The number of sulfonamides is 1. The van der Waals surface area contributed by atoms with Crippen LogP contribution >= 0.6 is 0 Å². The molecule has 8 heteroatoms. The highest BCUT2D eigenvalue weighted by Crippen LogP contribution is 2.22. The Labute approximate surface area is 139 Å². The summed E-state index contributed by atoms with van der Waals surface area (Å²) in [5.74, 6) is -0.589. The second-order valence-corrected chi connectivity index (χ2v) is 6.63. The molecular formula is C16H15N3O4S. The zero-order chi connectivity index (χ0) is 17.7. The van der Waals surface area contributed by atoms with Crippen LogP contribution in [0.2, 0.25) is 0 Å². The van der Waals surface area contributed by atoms with Gasteiger partial charge in [-0.2, -0.15) is 5.26 Å². The average Bonchev–Trinajstić information content (AvgIpc) is 2.59. The normalized spacial score (nSPS) is 10.8. The molecule has 2 aromatic rings. The molecule has 0 saturated heterocycles. The maximum Gasteiger partial charge on any atom is 0.252 e. The van der Waals surface area contributed by atoms with E-state index in [0.717, 1.165) is 6.07 Å². The van der Waals surface area contributed by atoms with Crippen LogP contribution in [0.5, 0.6) is 5.75 Å². The summed E-state index contributed by atoms with van der Waals surface area (Å²) in [4.78, 5) is 11.3. The van der Waals surface area contributed by atoms with E-state index < -0.39 is 15.9 Å². The minimum atomic E-state index is -3.86. The third-order valence-corrected chi connectivity index (χ3v) is 4.67. The van der Waals surface area contributed by atoms with Crippen LogP contribution in [0.1, 0.15) is 21.5 Å². The van der Waals surface area contributed by atoms with Crippen molar-refractivity contribution in [3.05, 3.63) is 59.2 Å². The zero-order valence-electron chi connectivity index (χ0n) is 12.8. The molecule has 0 spiro atoms. The SMILES string of the molecule is COc1ccc(S(=O)(=O)NCc2cccc(C#N)c2)cc1C(N)=O. The van der Waals surface area contributed by atoms with E-state index in [0.29, 0.717) is 11.1 Å². The topological polar surface area (TPSA) is 122 Å². The number of carbonyl (C=O) groups excluding carboxylic acids is 1. The Kier molecular flexibility index (Phi) is 5.18. The molecule has 0 fully saturated rings. The lowest BCUT2D eigenvalue weighted by atomic mass is 10.1. The van der Waals surface area contributed by atoms with E-state index in [1.54, 1.807) is 24.3 Å². The molecule has 24 heavy (non-hydrogen) atoms. The Morgan fingerprint density at radius 2 is 2.04 bits per heavy atom. The number of nitriles is 1. The largest absolute Gasteiger partial charge is 0.496 e. The van der Waals surface area contributed by atoms with Crippen molar-refractivity contribution >= 4 is 15.9 Å². The van der Waals surface area contributed by atoms with Crippen molar-refractivity contribution in [3.63, 3.8) is 0 Å². The third-order valence-electron chi connectivity index (χ3n) is 3.27. The highest BCUT2D eigenvalue weighted by Gasteiger charge is 2.18. The maximum atomic E-state index is 12.4. The number of methoxy groups -OCH3 is 1. The molecule has 0 bridgehead atoms. The van der Waals surface area contributed by atoms with E-state index in [-0.39, 0.29) is 22.8 Å². The molecular weight excluding hydrogens is 330 g/mol. The maximum absolute atomic E-state index is 12.4. The van der Waals surface area contributed by atoms with E-state index in [1.165, 1.54) is 19.2 Å². The van der Waals surface area contributed by atoms with Crippen molar-refractivity contribution in [3.8, 4) is 11.8 Å². The molecule has 0 aliphatic heterocycles. The van der Waals surface area contributed by atoms with Crippen molar-refractivity contribution in [2.75, 3.05) is 7.11 Å². The quantitative estimate of drug-likeness (QED) is 0.813. The van der Waals surface area contributed by atoms with Crippen LogP contribution in [0.3, 0.4) is 0 Å². The number of nitrogens with one attached hydrogen (secondary N) is 1. The fourth-order valence-corrected chi connectivity index (χ4v) is 3.10. The third kappa shape index (κ3) is 3.90. The van der Waals surface area contributed by atoms with Crippen molar-refractivity contribution in [1.82, 2.24) is 4.72 Å². The number of benzene rings is 2. The van der Waals surface area contributed by atoms with Crippen molar-refractivity contribution in [2.45, 2.75) is 11.4 Å². The molecule has 0 aliphatic carbocycles. The van der Waals surface area contributed by atoms with E-state index in [1.807, 2.05) is 6.07 Å². The first-order valence-electron chi connectivity index (χ1n) is 6.84. The summed E-state index contributed by atoms with van der Waals surface area (Å²) in [6, 6.07) is 12.4. The number of amides is 1. The molecule has 0 aromatic heterocycles. The molecule has 2 rings (SSSR count). The van der Waals surface area contributed by atoms with E-state index in [2.05, 4.69) is 4.72 Å². The lowest BCUT2D eigenvalue weighted by Crippen LogP contribution is -2.24. The first-order chi connectivity index (χ1) is 11.4. The smallest absolute Gasteiger partial charge is 0.252 e. The van der Waals surface area contributed by atoms with E-state index in [9.17, 15) is 13.2 Å². The Balaban J connectivity index is 2.25. The molecule has 1 amide bonds. The minimum Gasteiger partial charge on any atom is -0.496 e. The van der Waals surface area contributed by atoms with Crippen LogP contribution in [0.25, 0.3) is 0 Å². The number of rotatable bonds is 6. The van der Waals surface area contributed by atoms with Gasteiger partial charge in [-0.05, 0) is 35.9 Å². The Hall–Kier alpha value is -2.89. The predicted octanol–water partition coefficient (Wildman–Crippen LogP) is 1.14. The van der Waals surface area contributed by atoms with Crippen LogP contribution in [0.4, 0.5) is 0 Å². The molecule has 0 saturated carbocycles. The second kappa shape index (κ2) is 7.12. The summed E-state index contributed by atoms with van der Waals surface area (Å²) in [6.45, 7) is 0.00971. The Morgan fingerprint density at radius 1 is 1.29 bits per heavy atom. The molecule has 0 heterocycles. The number of carbonyl (C=O) groups is 1. The first kappa shape index (κ1) is 17.5. The summed E-state index contributed by atoms with van der Waals surface area (Å²) < 4.78 is 32.1. The lowest BCUT2D eigenvalue weighted by molar-refractivity contribution is 0.0997. The second-order valence-electron chi connectivity index (χ2n) is 4.86. The molecule has 124 valence electrons. The minimum absolute atomic E-state index is 0.00971. The fourth-order valence-electron chi connectivity index (χ4n) is 2.06. The number of ether oxygens (including phenoxy) is 1. The summed E-state index contributed by atoms with van der Waals surface area (Å²) >= 11 is 0. The molecule has 3 N–H and O–H groups in total. The standard InChI is InChI=1S/C16H15N3O4S/c1-23-15-6-5-13(8-14(15)16(18)20)24(21,22)19-10-12-4-2-3-11(7-12)9-17/h2-8,19H,10H2,1H3,(H2,18,20). The summed E-state index contributed by atoms with van der Waals surface area (Å²) in [5, 5.41) is 8.86. The molecule has 0 radical (unpaired) electrons. The van der Waals surface area contributed by atoms with E-state index in [4.69, 9.17) is 15.7 Å². The number of hydrogen-bond donors (Lipinski definition) is 2. The van der Waals surface area contributed by atoms with Crippen molar-refractivity contribution in [1.29, 1.82) is 5.26 Å². The van der Waals surface area contributed by atoms with Crippen LogP contribution in [-0.2, 0) is 16.6 Å². The van der Waals surface area contributed by atoms with Gasteiger partial charge < -0.3 is 10.5 Å². The van der Waals surface area contributed by atoms with Gasteiger partial charge in [0.05, 0.1) is 29.2 Å². The van der Waals surface area contributed by atoms with Gasteiger partial charge in [-0.1, -0.05) is 12.1 Å². The van der Waals surface area contributed by atoms with Gasteiger partial charge in [0.2, 0.25) is 10.0 Å². The average molecular weight is 345 g/mol. The summed E-state index contributed by atoms with van der Waals surface area (Å²) in [7, 11) is -2.50. The van der Waals surface area contributed by atoms with Gasteiger partial charge in [0.15, 0.2) is 0 Å². The van der Waals surface area contributed by atoms with E-state index >= 15 is 0 Å². The van der Waals surface area contributed by atoms with Crippen LogP contribution in [0.15, 0.2) is 47.4 Å². The predicted molar refractivity (Wildman–Crippen MR) is 86.7 cm³/mol. The van der Waals surface area contributed by atoms with Gasteiger partial charge in [-0.15, -0.1) is 0 Å². The first-order valence-corrected chi connectivity index (χ1v) is 8.32. The molecule has 2 aromatic carbocycles. The Morgan fingerprint density at radius 3 is 2.67 bits per heavy atom. The molecule has 7 nitrogen and oxygen atoms in total. The lowest BCUT2D eigenvalue weighted by Gasteiger charge is -2.10. The number of hydrogen-bond acceptors (Lipinski definition) is 5. The van der Waals surface area contributed by atoms with Gasteiger partial charge in [0.1, 0.15) is 5.75 Å². The van der Waals surface area contributed by atoms with Crippen LogP contribution in [0, 0.1) is 11.3 Å². The summed E-state index contributed by atoms with van der Waals surface area (Å²) in [5.41, 5.74) is 6.29. The molecule has 0 unspecified atom stereocenters. The molecule has 0 aliphatic rings. The zero-order valence-corrected chi connectivity index (χ0v) is 13.6. The highest BCUT2D eigenvalue weighted by atomic mass is 32.2. The van der Waals surface area contributed by atoms with Crippen LogP contribution < -0.4 is 15.2 Å². The van der Waals surface area contributed by atoms with Crippen molar-refractivity contribution in [2.24, 2.45) is 5.73 Å². The van der Waals surface area contributed by atoms with Crippen LogP contribution in [-0.4, -0.2) is 21.4 Å². The highest BCUT2D eigenvalue weighted by molar-refractivity contribution is 7.89. The van der Waals surface area contributed by atoms with Gasteiger partial charge in [-0.25, -0.2) is 13.1 Å². The van der Waals surface area contributed by atoms with Gasteiger partial charge in [0.25, 0.3) is 5.91 Å². The van der Waals surface area contributed by atoms with Gasteiger partial charge in [0, 0.05) is 6.54 Å². The van der Waals surface area contributed by atoms with Gasteiger partial charge in [-0.3, -0.25) is 4.79 Å². The summed E-state index contributed by atoms with van der Waals surface area (Å²) in [6.07, 6.45) is 0. The fraction of sp³-hybridized carbons (Fsp3) is 0.125. The van der Waals surface area contributed by atoms with Gasteiger partial charge >= 0.3 is 0 Å². The monoisotopic (exact) mass is 345 g/mol.